The Morgan fingerprint density at radius 3 is 2.81 bits per heavy atom. The maximum Gasteiger partial charge on any atom is 0.198 e. The second-order valence-electron chi connectivity index (χ2n) is 6.64. The Labute approximate surface area is 159 Å². The van der Waals surface area contributed by atoms with E-state index in [-0.39, 0.29) is 0 Å². The second kappa shape index (κ2) is 8.20. The number of hydrogen-bond acceptors (Lipinski definition) is 4. The maximum absolute atomic E-state index is 5.54. The van der Waals surface area contributed by atoms with Crippen molar-refractivity contribution in [3.63, 3.8) is 0 Å². The standard InChI is InChI=1S/C20H26N4OS/c1-21-20(24-9-8-16-5-2-3-6-17(16)24)22-15-18(19-7-4-14-26-19)23-10-12-25-13-11-23/h2-7,14,18H,8-13,15H2,1H3,(H,21,22). The normalized spacial score (nSPS) is 19.4. The van der Waals surface area contributed by atoms with Crippen molar-refractivity contribution in [2.24, 2.45) is 4.99 Å². The van der Waals surface area contributed by atoms with Crippen LogP contribution in [0.25, 0.3) is 0 Å². The van der Waals surface area contributed by atoms with Crippen molar-refractivity contribution in [1.82, 2.24) is 10.2 Å². The zero-order valence-electron chi connectivity index (χ0n) is 15.2. The highest BCUT2D eigenvalue weighted by molar-refractivity contribution is 7.10. The third kappa shape index (κ3) is 3.63. The Bertz CT molecular complexity index is 740. The molecule has 0 bridgehead atoms. The molecule has 2 aromatic rings. The highest BCUT2D eigenvalue weighted by Gasteiger charge is 2.26. The highest BCUT2D eigenvalue weighted by atomic mass is 32.1. The molecule has 138 valence electrons. The quantitative estimate of drug-likeness (QED) is 0.664. The van der Waals surface area contributed by atoms with Gasteiger partial charge in [0.25, 0.3) is 0 Å². The molecule has 1 aromatic carbocycles. The van der Waals surface area contributed by atoms with Crippen molar-refractivity contribution in [2.75, 3.05) is 51.3 Å². The third-order valence-electron chi connectivity index (χ3n) is 5.17. The summed E-state index contributed by atoms with van der Waals surface area (Å²) in [5.74, 6) is 0.963. The molecule has 6 heteroatoms. The van der Waals surface area contributed by atoms with Gasteiger partial charge in [-0.1, -0.05) is 24.3 Å². The molecule has 2 aliphatic rings. The van der Waals surface area contributed by atoms with Gasteiger partial charge in [-0.05, 0) is 29.5 Å². The lowest BCUT2D eigenvalue weighted by molar-refractivity contribution is 0.0177. The van der Waals surface area contributed by atoms with Crippen LogP contribution in [0.5, 0.6) is 0 Å². The lowest BCUT2D eigenvalue weighted by Gasteiger charge is -2.35. The van der Waals surface area contributed by atoms with E-state index in [2.05, 4.69) is 61.9 Å². The number of benzene rings is 1. The summed E-state index contributed by atoms with van der Waals surface area (Å²) in [6.45, 7) is 5.43. The molecule has 0 aliphatic carbocycles. The van der Waals surface area contributed by atoms with Crippen molar-refractivity contribution < 1.29 is 4.74 Å². The van der Waals surface area contributed by atoms with Crippen LogP contribution in [0.4, 0.5) is 5.69 Å². The molecule has 1 fully saturated rings. The molecule has 1 unspecified atom stereocenters. The van der Waals surface area contributed by atoms with E-state index >= 15 is 0 Å². The Morgan fingerprint density at radius 1 is 1.19 bits per heavy atom. The first-order valence-corrected chi connectivity index (χ1v) is 10.2. The first-order chi connectivity index (χ1) is 12.9. The van der Waals surface area contributed by atoms with E-state index in [0.29, 0.717) is 6.04 Å². The lowest BCUT2D eigenvalue weighted by Crippen LogP contribution is -2.47. The van der Waals surface area contributed by atoms with Gasteiger partial charge >= 0.3 is 0 Å². The fourth-order valence-corrected chi connectivity index (χ4v) is 4.68. The predicted molar refractivity (Wildman–Crippen MR) is 108 cm³/mol. The van der Waals surface area contributed by atoms with E-state index in [9.17, 15) is 0 Å². The van der Waals surface area contributed by atoms with E-state index in [1.807, 2.05) is 18.4 Å². The topological polar surface area (TPSA) is 40.1 Å². The van der Waals surface area contributed by atoms with Crippen molar-refractivity contribution in [3.05, 3.63) is 52.2 Å². The van der Waals surface area contributed by atoms with Crippen LogP contribution in [0, 0.1) is 0 Å². The van der Waals surface area contributed by atoms with Crippen molar-refractivity contribution in [3.8, 4) is 0 Å². The molecule has 4 rings (SSSR count). The summed E-state index contributed by atoms with van der Waals surface area (Å²) in [5, 5.41) is 5.80. The van der Waals surface area contributed by atoms with E-state index in [4.69, 9.17) is 4.74 Å². The fraction of sp³-hybridized carbons (Fsp3) is 0.450. The number of nitrogens with one attached hydrogen (secondary N) is 1. The second-order valence-corrected chi connectivity index (χ2v) is 7.62. The molecule has 1 N–H and O–H groups in total. The number of morpholine rings is 1. The summed E-state index contributed by atoms with van der Waals surface area (Å²) in [5.41, 5.74) is 2.68. The zero-order chi connectivity index (χ0) is 17.8. The molecule has 0 saturated carbocycles. The van der Waals surface area contributed by atoms with Crippen LogP contribution in [-0.4, -0.2) is 57.3 Å². The Balaban J connectivity index is 1.48. The summed E-state index contributed by atoms with van der Waals surface area (Å²) in [7, 11) is 1.87. The SMILES string of the molecule is CN=C(NCC(c1cccs1)N1CCOCC1)N1CCc2ccccc21. The Morgan fingerprint density at radius 2 is 2.04 bits per heavy atom. The third-order valence-corrected chi connectivity index (χ3v) is 6.14. The molecule has 0 radical (unpaired) electrons. The number of guanidine groups is 1. The van der Waals surface area contributed by atoms with Crippen molar-refractivity contribution in [2.45, 2.75) is 12.5 Å². The molecule has 5 nitrogen and oxygen atoms in total. The van der Waals surface area contributed by atoms with Crippen molar-refractivity contribution in [1.29, 1.82) is 0 Å². The monoisotopic (exact) mass is 370 g/mol. The average molecular weight is 371 g/mol. The van der Waals surface area contributed by atoms with Gasteiger partial charge in [0.1, 0.15) is 0 Å². The highest BCUT2D eigenvalue weighted by Crippen LogP contribution is 2.28. The van der Waals surface area contributed by atoms with Gasteiger partial charge in [0.2, 0.25) is 0 Å². The number of rotatable bonds is 4. The summed E-state index contributed by atoms with van der Waals surface area (Å²) >= 11 is 1.83. The van der Waals surface area contributed by atoms with Gasteiger partial charge < -0.3 is 15.0 Å². The number of anilines is 1. The molecule has 0 amide bonds. The van der Waals surface area contributed by atoms with Gasteiger partial charge in [-0.25, -0.2) is 0 Å². The number of thiophene rings is 1. The van der Waals surface area contributed by atoms with E-state index in [1.165, 1.54) is 16.1 Å². The Hall–Kier alpha value is -1.89. The van der Waals surface area contributed by atoms with Crippen LogP contribution in [0.3, 0.4) is 0 Å². The van der Waals surface area contributed by atoms with Crippen LogP contribution < -0.4 is 10.2 Å². The fourth-order valence-electron chi connectivity index (χ4n) is 3.82. The maximum atomic E-state index is 5.54. The number of nitrogens with zero attached hydrogens (tertiary/aromatic N) is 3. The summed E-state index contributed by atoms with van der Waals surface area (Å²) in [4.78, 5) is 10.8. The minimum absolute atomic E-state index is 0.355. The number of ether oxygens (including phenoxy) is 1. The molecular formula is C20H26N4OS. The molecule has 2 aliphatic heterocycles. The number of aliphatic imine (C=N–C) groups is 1. The Kier molecular flexibility index (Phi) is 5.53. The lowest BCUT2D eigenvalue weighted by atomic mass is 10.2. The molecule has 1 aromatic heterocycles. The van der Waals surface area contributed by atoms with Crippen LogP contribution >= 0.6 is 11.3 Å². The van der Waals surface area contributed by atoms with Crippen LogP contribution in [0.15, 0.2) is 46.8 Å². The molecule has 1 saturated heterocycles. The van der Waals surface area contributed by atoms with Gasteiger partial charge in [0.05, 0.1) is 19.3 Å². The van der Waals surface area contributed by atoms with Crippen LogP contribution in [0.2, 0.25) is 0 Å². The van der Waals surface area contributed by atoms with E-state index in [0.717, 1.165) is 51.8 Å². The number of hydrogen-bond donors (Lipinski definition) is 1. The summed E-state index contributed by atoms with van der Waals surface area (Å²) < 4.78 is 5.54. The molecular weight excluding hydrogens is 344 g/mol. The average Bonchev–Trinajstić information content (AvgIpc) is 3.36. The molecule has 1 atom stereocenters. The van der Waals surface area contributed by atoms with Gasteiger partial charge in [0, 0.05) is 43.8 Å². The van der Waals surface area contributed by atoms with E-state index < -0.39 is 0 Å². The van der Waals surface area contributed by atoms with Crippen molar-refractivity contribution >= 4 is 23.0 Å². The zero-order valence-corrected chi connectivity index (χ0v) is 16.0. The number of fused-ring (bicyclic) bond motifs is 1. The van der Waals surface area contributed by atoms with Crippen LogP contribution in [0.1, 0.15) is 16.5 Å². The van der Waals surface area contributed by atoms with Gasteiger partial charge in [-0.3, -0.25) is 9.89 Å². The molecule has 0 spiro atoms. The minimum atomic E-state index is 0.355. The smallest absolute Gasteiger partial charge is 0.198 e. The van der Waals surface area contributed by atoms with Gasteiger partial charge in [0.15, 0.2) is 5.96 Å². The minimum Gasteiger partial charge on any atom is -0.379 e. The van der Waals surface area contributed by atoms with Gasteiger partial charge in [-0.2, -0.15) is 0 Å². The van der Waals surface area contributed by atoms with Crippen LogP contribution in [-0.2, 0) is 11.2 Å². The van der Waals surface area contributed by atoms with E-state index in [1.54, 1.807) is 0 Å². The summed E-state index contributed by atoms with van der Waals surface area (Å²) in [6, 6.07) is 13.3. The summed E-state index contributed by atoms with van der Waals surface area (Å²) in [6.07, 6.45) is 1.08. The number of para-hydroxylation sites is 1. The predicted octanol–water partition coefficient (Wildman–Crippen LogP) is 2.76. The molecule has 26 heavy (non-hydrogen) atoms. The molecule has 3 heterocycles. The largest absolute Gasteiger partial charge is 0.379 e. The first kappa shape index (κ1) is 17.5. The van der Waals surface area contributed by atoms with Gasteiger partial charge in [-0.15, -0.1) is 11.3 Å². The first-order valence-electron chi connectivity index (χ1n) is 9.28.